The zero-order valence-corrected chi connectivity index (χ0v) is 12.6. The molecule has 0 aliphatic carbocycles. The minimum atomic E-state index is 0.562. The molecule has 2 heterocycles. The Morgan fingerprint density at radius 1 is 1.30 bits per heavy atom. The number of rotatable bonds is 3. The van der Waals surface area contributed by atoms with E-state index in [9.17, 15) is 0 Å². The highest BCUT2D eigenvalue weighted by Gasteiger charge is 2.18. The third kappa shape index (κ3) is 2.66. The van der Waals surface area contributed by atoms with Crippen molar-refractivity contribution in [3.05, 3.63) is 23.6 Å². The van der Waals surface area contributed by atoms with E-state index < -0.39 is 0 Å². The number of fused-ring (bicyclic) bond motifs is 1. The highest BCUT2D eigenvalue weighted by Crippen LogP contribution is 2.30. The Balaban J connectivity index is 2.03. The molecule has 0 unspecified atom stereocenters. The predicted octanol–water partition coefficient (Wildman–Crippen LogP) is 2.74. The first-order valence-corrected chi connectivity index (χ1v) is 7.49. The summed E-state index contributed by atoms with van der Waals surface area (Å²) < 4.78 is 6.05. The van der Waals surface area contributed by atoms with Gasteiger partial charge in [0.05, 0.1) is 5.69 Å². The van der Waals surface area contributed by atoms with Crippen LogP contribution in [0.4, 0.5) is 5.69 Å². The van der Waals surface area contributed by atoms with E-state index in [4.69, 9.17) is 4.42 Å². The Labute approximate surface area is 120 Å². The van der Waals surface area contributed by atoms with E-state index in [2.05, 4.69) is 48.1 Å². The van der Waals surface area contributed by atoms with Crippen molar-refractivity contribution in [2.45, 2.75) is 27.2 Å². The predicted molar refractivity (Wildman–Crippen MR) is 82.4 cm³/mol. The molecule has 0 spiro atoms. The van der Waals surface area contributed by atoms with Gasteiger partial charge in [0.25, 0.3) is 0 Å². The number of aromatic nitrogens is 1. The minimum absolute atomic E-state index is 0.562. The van der Waals surface area contributed by atoms with E-state index in [-0.39, 0.29) is 0 Å². The zero-order valence-electron chi connectivity index (χ0n) is 12.6. The van der Waals surface area contributed by atoms with Crippen molar-refractivity contribution >= 4 is 16.8 Å². The van der Waals surface area contributed by atoms with Gasteiger partial charge in [-0.2, -0.15) is 0 Å². The summed E-state index contributed by atoms with van der Waals surface area (Å²) in [4.78, 5) is 7.06. The van der Waals surface area contributed by atoms with Gasteiger partial charge in [-0.1, -0.05) is 13.8 Å². The van der Waals surface area contributed by atoms with Gasteiger partial charge in [0.15, 0.2) is 11.5 Å². The third-order valence-electron chi connectivity index (χ3n) is 3.70. The lowest BCUT2D eigenvalue weighted by molar-refractivity contribution is 0.481. The fourth-order valence-corrected chi connectivity index (χ4v) is 2.78. The normalized spacial score (nSPS) is 16.3. The average Bonchev–Trinajstić information content (AvgIpc) is 2.79. The van der Waals surface area contributed by atoms with Crippen LogP contribution in [0.2, 0.25) is 0 Å². The lowest BCUT2D eigenvalue weighted by Gasteiger charge is -2.29. The molecule has 0 radical (unpaired) electrons. The highest BCUT2D eigenvalue weighted by atomic mass is 16.3. The van der Waals surface area contributed by atoms with Crippen molar-refractivity contribution in [3.8, 4) is 0 Å². The molecule has 0 amide bonds. The minimum Gasteiger partial charge on any atom is -0.438 e. The van der Waals surface area contributed by atoms with Crippen LogP contribution in [0.5, 0.6) is 0 Å². The Hall–Kier alpha value is -1.55. The maximum Gasteiger partial charge on any atom is 0.195 e. The fourth-order valence-electron chi connectivity index (χ4n) is 2.78. The Bertz CT molecular complexity index is 597. The lowest BCUT2D eigenvalue weighted by Crippen LogP contribution is -2.43. The number of hydrogen-bond donors (Lipinski definition) is 1. The summed E-state index contributed by atoms with van der Waals surface area (Å²) in [6.45, 7) is 10.6. The summed E-state index contributed by atoms with van der Waals surface area (Å²) in [7, 11) is 0. The van der Waals surface area contributed by atoms with Crippen molar-refractivity contribution in [3.63, 3.8) is 0 Å². The maximum absolute atomic E-state index is 6.05. The number of benzene rings is 1. The van der Waals surface area contributed by atoms with Gasteiger partial charge in [0.1, 0.15) is 5.52 Å². The number of aryl methyl sites for hydroxylation is 1. The number of piperazine rings is 1. The molecular formula is C16H23N3O. The Kier molecular flexibility index (Phi) is 3.66. The molecule has 0 atom stereocenters. The van der Waals surface area contributed by atoms with Gasteiger partial charge in [-0.3, -0.25) is 0 Å². The number of anilines is 1. The van der Waals surface area contributed by atoms with Gasteiger partial charge < -0.3 is 14.6 Å². The van der Waals surface area contributed by atoms with E-state index in [0.29, 0.717) is 5.92 Å². The van der Waals surface area contributed by atoms with Crippen LogP contribution in [-0.2, 0) is 6.42 Å². The first-order valence-electron chi connectivity index (χ1n) is 7.49. The van der Waals surface area contributed by atoms with Gasteiger partial charge in [0.2, 0.25) is 0 Å². The largest absolute Gasteiger partial charge is 0.438 e. The molecule has 4 heteroatoms. The topological polar surface area (TPSA) is 41.3 Å². The van der Waals surface area contributed by atoms with Crippen LogP contribution in [0.25, 0.3) is 11.1 Å². The molecule has 108 valence electrons. The van der Waals surface area contributed by atoms with E-state index in [1.54, 1.807) is 0 Å². The summed E-state index contributed by atoms with van der Waals surface area (Å²) in [5, 5.41) is 3.39. The summed E-state index contributed by atoms with van der Waals surface area (Å²) in [5.41, 5.74) is 4.39. The average molecular weight is 273 g/mol. The molecule has 4 nitrogen and oxygen atoms in total. The molecule has 3 rings (SSSR count). The molecule has 1 aliphatic rings. The molecule has 1 fully saturated rings. The molecule has 1 aliphatic heterocycles. The second-order valence-corrected chi connectivity index (χ2v) is 6.07. The van der Waals surface area contributed by atoms with Crippen molar-refractivity contribution in [2.75, 3.05) is 31.1 Å². The number of nitrogens with zero attached hydrogens (tertiary/aromatic N) is 2. The summed E-state index contributed by atoms with van der Waals surface area (Å²) in [5.74, 6) is 1.42. The van der Waals surface area contributed by atoms with Gasteiger partial charge in [-0.05, 0) is 30.5 Å². The van der Waals surface area contributed by atoms with Crippen LogP contribution < -0.4 is 10.2 Å². The van der Waals surface area contributed by atoms with Crippen LogP contribution in [0.15, 0.2) is 16.5 Å². The third-order valence-corrected chi connectivity index (χ3v) is 3.70. The van der Waals surface area contributed by atoms with E-state index in [1.807, 2.05) is 0 Å². The second kappa shape index (κ2) is 5.44. The summed E-state index contributed by atoms with van der Waals surface area (Å²) >= 11 is 0. The van der Waals surface area contributed by atoms with Gasteiger partial charge >= 0.3 is 0 Å². The van der Waals surface area contributed by atoms with E-state index in [1.165, 1.54) is 11.3 Å². The zero-order chi connectivity index (χ0) is 14.1. The monoisotopic (exact) mass is 273 g/mol. The molecule has 0 bridgehead atoms. The van der Waals surface area contributed by atoms with Crippen LogP contribution in [0.3, 0.4) is 0 Å². The molecule has 1 N–H and O–H groups in total. The van der Waals surface area contributed by atoms with Crippen molar-refractivity contribution < 1.29 is 4.42 Å². The summed E-state index contributed by atoms with van der Waals surface area (Å²) in [6, 6.07) is 4.34. The lowest BCUT2D eigenvalue weighted by atomic mass is 10.1. The van der Waals surface area contributed by atoms with E-state index >= 15 is 0 Å². The van der Waals surface area contributed by atoms with Crippen LogP contribution >= 0.6 is 0 Å². The molecule has 2 aromatic rings. The van der Waals surface area contributed by atoms with Crippen LogP contribution in [0.1, 0.15) is 25.3 Å². The molecular weight excluding hydrogens is 250 g/mol. The first-order chi connectivity index (χ1) is 9.63. The molecule has 1 aromatic heterocycles. The van der Waals surface area contributed by atoms with Crippen molar-refractivity contribution in [1.82, 2.24) is 10.3 Å². The fraction of sp³-hybridized carbons (Fsp3) is 0.562. The molecule has 1 saturated heterocycles. The van der Waals surface area contributed by atoms with Crippen molar-refractivity contribution in [1.29, 1.82) is 0 Å². The number of oxazole rings is 1. The first kappa shape index (κ1) is 13.4. The quantitative estimate of drug-likeness (QED) is 0.933. The molecule has 0 saturated carbocycles. The SMILES string of the molecule is Cc1cc(N2CCNCC2)c2oc(CC(C)C)nc2c1. The molecule has 20 heavy (non-hydrogen) atoms. The van der Waals surface area contributed by atoms with E-state index in [0.717, 1.165) is 49.6 Å². The highest BCUT2D eigenvalue weighted by molar-refractivity contribution is 5.87. The Morgan fingerprint density at radius 3 is 2.75 bits per heavy atom. The van der Waals surface area contributed by atoms with Gasteiger partial charge in [-0.25, -0.2) is 4.98 Å². The van der Waals surface area contributed by atoms with Crippen molar-refractivity contribution in [2.24, 2.45) is 5.92 Å². The smallest absolute Gasteiger partial charge is 0.195 e. The van der Waals surface area contributed by atoms with Crippen LogP contribution in [0, 0.1) is 12.8 Å². The van der Waals surface area contributed by atoms with Gasteiger partial charge in [-0.15, -0.1) is 0 Å². The Morgan fingerprint density at radius 2 is 2.05 bits per heavy atom. The number of hydrogen-bond acceptors (Lipinski definition) is 4. The summed E-state index contributed by atoms with van der Waals surface area (Å²) in [6.07, 6.45) is 0.898. The molecule has 1 aromatic carbocycles. The maximum atomic E-state index is 6.05. The van der Waals surface area contributed by atoms with Gasteiger partial charge in [0, 0.05) is 32.6 Å². The standard InChI is InChI=1S/C16H23N3O/c1-11(2)8-15-18-13-9-12(3)10-14(16(13)20-15)19-6-4-17-5-7-19/h9-11,17H,4-8H2,1-3H3. The number of nitrogens with one attached hydrogen (secondary N) is 1. The second-order valence-electron chi connectivity index (χ2n) is 6.07. The van der Waals surface area contributed by atoms with Crippen LogP contribution in [-0.4, -0.2) is 31.2 Å².